The summed E-state index contributed by atoms with van der Waals surface area (Å²) in [6.45, 7) is 3.66. The predicted octanol–water partition coefficient (Wildman–Crippen LogP) is 0.480. The first kappa shape index (κ1) is 31.5. The second kappa shape index (κ2) is 13.5. The summed E-state index contributed by atoms with van der Waals surface area (Å²) < 4.78 is 34.5. The Morgan fingerprint density at radius 1 is 0.927 bits per heavy atom. The third kappa shape index (κ3) is 7.79. The van der Waals surface area contributed by atoms with Gasteiger partial charge in [-0.1, -0.05) is 6.07 Å². The van der Waals surface area contributed by atoms with E-state index in [0.717, 1.165) is 43.1 Å². The minimum absolute atomic E-state index is 0.186. The lowest BCUT2D eigenvalue weighted by atomic mass is 9.97. The van der Waals surface area contributed by atoms with Crippen molar-refractivity contribution in [1.29, 1.82) is 0 Å². The number of esters is 4. The van der Waals surface area contributed by atoms with Gasteiger partial charge in [-0.05, 0) is 33.6 Å². The zero-order chi connectivity index (χ0) is 30.4. The summed E-state index contributed by atoms with van der Waals surface area (Å²) in [5.41, 5.74) is -1.16. The van der Waals surface area contributed by atoms with Crippen LogP contribution in [-0.4, -0.2) is 76.4 Å². The number of carbonyl (C=O) groups is 4. The molecule has 222 valence electrons. The summed E-state index contributed by atoms with van der Waals surface area (Å²) in [6, 6.07) is 4.95. The molecule has 16 heteroatoms. The van der Waals surface area contributed by atoms with Gasteiger partial charge in [0, 0.05) is 27.7 Å². The van der Waals surface area contributed by atoms with E-state index in [4.69, 9.17) is 28.4 Å². The fourth-order valence-corrected chi connectivity index (χ4v) is 4.75. The van der Waals surface area contributed by atoms with Crippen LogP contribution in [0.1, 0.15) is 39.5 Å². The zero-order valence-electron chi connectivity index (χ0n) is 22.7. The number of methoxy groups -OCH3 is 1. The molecule has 3 rings (SSSR count). The van der Waals surface area contributed by atoms with Crippen LogP contribution in [-0.2, 0) is 49.4 Å². The van der Waals surface area contributed by atoms with Gasteiger partial charge in [-0.3, -0.25) is 28.5 Å². The van der Waals surface area contributed by atoms with Gasteiger partial charge in [-0.15, -0.1) is 0 Å². The molecule has 1 aliphatic heterocycles. The molecule has 41 heavy (non-hydrogen) atoms. The highest BCUT2D eigenvalue weighted by atomic mass is 79.9. The lowest BCUT2D eigenvalue weighted by Gasteiger charge is -2.44. The van der Waals surface area contributed by atoms with Crippen molar-refractivity contribution in [2.75, 3.05) is 13.7 Å². The Kier molecular flexibility index (Phi) is 10.4. The molecule has 0 amide bonds. The maximum atomic E-state index is 13.6. The zero-order valence-corrected chi connectivity index (χ0v) is 24.3. The van der Waals surface area contributed by atoms with Crippen LogP contribution >= 0.6 is 15.9 Å². The van der Waals surface area contributed by atoms with Crippen molar-refractivity contribution in [1.82, 2.24) is 14.3 Å². The van der Waals surface area contributed by atoms with Crippen LogP contribution < -0.4 is 16.0 Å². The number of rotatable bonds is 9. The predicted molar refractivity (Wildman–Crippen MR) is 140 cm³/mol. The van der Waals surface area contributed by atoms with E-state index in [1.165, 1.54) is 7.11 Å². The molecule has 15 nitrogen and oxygen atoms in total. The molecule has 1 aromatic heterocycles. The van der Waals surface area contributed by atoms with Gasteiger partial charge in [0.05, 0.1) is 18.1 Å². The number of halogens is 1. The minimum Gasteiger partial charge on any atom is -0.496 e. The van der Waals surface area contributed by atoms with E-state index in [9.17, 15) is 28.8 Å². The van der Waals surface area contributed by atoms with Gasteiger partial charge in [0.1, 0.15) is 24.7 Å². The second-order valence-corrected chi connectivity index (χ2v) is 9.71. The molecule has 0 spiro atoms. The molecule has 1 saturated heterocycles. The summed E-state index contributed by atoms with van der Waals surface area (Å²) in [5.74, 6) is -2.67. The van der Waals surface area contributed by atoms with Crippen LogP contribution in [0.4, 0.5) is 0 Å². The van der Waals surface area contributed by atoms with E-state index >= 15 is 0 Å². The number of carbonyl (C=O) groups excluding carboxylic acids is 4. The van der Waals surface area contributed by atoms with E-state index in [2.05, 4.69) is 21.0 Å². The molecule has 0 radical (unpaired) electrons. The third-order valence-electron chi connectivity index (χ3n) is 5.75. The second-order valence-electron chi connectivity index (χ2n) is 8.85. The van der Waals surface area contributed by atoms with E-state index in [0.29, 0.717) is 15.8 Å². The maximum absolute atomic E-state index is 13.6. The number of nitrogens with zero attached hydrogens (tertiary/aromatic N) is 3. The molecular formula is C25H28BrN3O12. The average molecular weight is 642 g/mol. The summed E-state index contributed by atoms with van der Waals surface area (Å²) in [7, 11) is 1.49. The van der Waals surface area contributed by atoms with Gasteiger partial charge in [0.15, 0.2) is 24.5 Å². The molecule has 1 aromatic carbocycles. The highest BCUT2D eigenvalue weighted by molar-refractivity contribution is 9.10. The Labute approximate surface area is 241 Å². The Hall–Kier alpha value is -4.05. The topological polar surface area (TPSA) is 181 Å². The molecule has 2 heterocycles. The molecular weight excluding hydrogens is 614 g/mol. The van der Waals surface area contributed by atoms with Crippen LogP contribution in [0.2, 0.25) is 0 Å². The molecule has 1 fully saturated rings. The van der Waals surface area contributed by atoms with Gasteiger partial charge in [-0.25, -0.2) is 4.79 Å². The first-order chi connectivity index (χ1) is 19.3. The van der Waals surface area contributed by atoms with E-state index in [1.807, 2.05) is 0 Å². The van der Waals surface area contributed by atoms with E-state index in [-0.39, 0.29) is 6.54 Å². The maximum Gasteiger partial charge on any atom is 0.350 e. The first-order valence-corrected chi connectivity index (χ1v) is 12.9. The van der Waals surface area contributed by atoms with Crippen molar-refractivity contribution in [2.24, 2.45) is 0 Å². The number of benzene rings is 1. The van der Waals surface area contributed by atoms with E-state index in [1.54, 1.807) is 18.2 Å². The normalized spacial score (nSPS) is 21.9. The quantitative estimate of drug-likeness (QED) is 0.273. The molecule has 5 atom stereocenters. The highest BCUT2D eigenvalue weighted by Gasteiger charge is 2.53. The molecule has 0 N–H and O–H groups in total. The van der Waals surface area contributed by atoms with Crippen LogP contribution in [0, 0.1) is 0 Å². The molecule has 0 saturated carbocycles. The van der Waals surface area contributed by atoms with Crippen molar-refractivity contribution in [2.45, 2.75) is 64.9 Å². The molecule has 1 aliphatic rings. The Bertz CT molecular complexity index is 1440. The standard InChI is InChI=1S/C25H28BrN3O12/c1-12(30)37-11-19-21(38-13(2)31)22(39-14(3)32)23(40-15(4)33)24(41-19)29-25(35)28(20(34)9-27-29)10-16-6-7-18(36-5)17(26)8-16/h6-9,19,21-24H,10-11H2,1-5H3/t19-,21-,22+,23-,24?/m1/s1. The third-order valence-corrected chi connectivity index (χ3v) is 6.37. The average Bonchev–Trinajstić information content (AvgIpc) is 2.87. The fourth-order valence-electron chi connectivity index (χ4n) is 4.16. The van der Waals surface area contributed by atoms with Crippen LogP contribution in [0.25, 0.3) is 0 Å². The van der Waals surface area contributed by atoms with Crippen molar-refractivity contribution in [3.8, 4) is 5.75 Å². The van der Waals surface area contributed by atoms with Gasteiger partial charge < -0.3 is 28.4 Å². The highest BCUT2D eigenvalue weighted by Crippen LogP contribution is 2.33. The summed E-state index contributed by atoms with van der Waals surface area (Å²) in [6.07, 6.45) is -6.59. The van der Waals surface area contributed by atoms with Crippen molar-refractivity contribution in [3.63, 3.8) is 0 Å². The first-order valence-electron chi connectivity index (χ1n) is 12.1. The number of hydrogen-bond acceptors (Lipinski definition) is 13. The molecule has 0 aliphatic carbocycles. The Morgan fingerprint density at radius 2 is 1.54 bits per heavy atom. The minimum atomic E-state index is -1.61. The van der Waals surface area contributed by atoms with Crippen molar-refractivity contribution in [3.05, 3.63) is 55.3 Å². The number of ether oxygens (including phenoxy) is 6. The summed E-state index contributed by atoms with van der Waals surface area (Å²) in [4.78, 5) is 74.0. The Morgan fingerprint density at radius 3 is 2.10 bits per heavy atom. The molecule has 1 unspecified atom stereocenters. The fraction of sp³-hybridized carbons (Fsp3) is 0.480. The van der Waals surface area contributed by atoms with Crippen LogP contribution in [0.15, 0.2) is 38.5 Å². The van der Waals surface area contributed by atoms with Crippen molar-refractivity contribution < 1.29 is 47.6 Å². The SMILES string of the molecule is COc1ccc(Cn2c(=O)cnn(C3O[C@H](COC(C)=O)[C@@H](OC(C)=O)[C@H](OC(C)=O)[C@H]3OC(C)=O)c2=O)cc1Br. The van der Waals surface area contributed by atoms with E-state index < -0.39 is 72.4 Å². The Balaban J connectivity index is 2.14. The summed E-state index contributed by atoms with van der Waals surface area (Å²) in [5, 5.41) is 3.90. The van der Waals surface area contributed by atoms with Crippen LogP contribution in [0.5, 0.6) is 5.75 Å². The van der Waals surface area contributed by atoms with Gasteiger partial charge in [0.25, 0.3) is 5.56 Å². The molecule has 2 aromatic rings. The molecule has 0 bridgehead atoms. The van der Waals surface area contributed by atoms with Gasteiger partial charge >= 0.3 is 29.6 Å². The summed E-state index contributed by atoms with van der Waals surface area (Å²) >= 11 is 3.36. The lowest BCUT2D eigenvalue weighted by Crippen LogP contribution is -2.62. The number of aromatic nitrogens is 3. The van der Waals surface area contributed by atoms with Crippen molar-refractivity contribution >= 4 is 39.8 Å². The van der Waals surface area contributed by atoms with Gasteiger partial charge in [0.2, 0.25) is 0 Å². The largest absolute Gasteiger partial charge is 0.496 e. The lowest BCUT2D eigenvalue weighted by molar-refractivity contribution is -0.271. The number of hydrogen-bond donors (Lipinski definition) is 0. The smallest absolute Gasteiger partial charge is 0.350 e. The van der Waals surface area contributed by atoms with Gasteiger partial charge in [-0.2, -0.15) is 9.78 Å². The van der Waals surface area contributed by atoms with Crippen LogP contribution in [0.3, 0.4) is 0 Å². The monoisotopic (exact) mass is 641 g/mol.